The first-order valence-corrected chi connectivity index (χ1v) is 4.49. The SMILES string of the molecule is CNC(C)(C)c1ccncc1C(F)(F)F. The van der Waals surface area contributed by atoms with Crippen LogP contribution in [-0.2, 0) is 11.7 Å². The van der Waals surface area contributed by atoms with E-state index in [0.29, 0.717) is 0 Å². The number of hydrogen-bond acceptors (Lipinski definition) is 2. The molecule has 0 aliphatic heterocycles. The fourth-order valence-corrected chi connectivity index (χ4v) is 1.30. The van der Waals surface area contributed by atoms with Crippen LogP contribution in [0.4, 0.5) is 13.2 Å². The molecule has 0 bridgehead atoms. The maximum atomic E-state index is 12.6. The van der Waals surface area contributed by atoms with Crippen molar-refractivity contribution in [1.82, 2.24) is 10.3 Å². The summed E-state index contributed by atoms with van der Waals surface area (Å²) in [5.74, 6) is 0. The molecule has 0 amide bonds. The van der Waals surface area contributed by atoms with Gasteiger partial charge in [0.1, 0.15) is 0 Å². The zero-order chi connectivity index (χ0) is 11.7. The first-order valence-electron chi connectivity index (χ1n) is 4.49. The summed E-state index contributed by atoms with van der Waals surface area (Å²) in [5, 5.41) is 2.84. The largest absolute Gasteiger partial charge is 0.418 e. The van der Waals surface area contributed by atoms with E-state index in [1.165, 1.54) is 12.3 Å². The van der Waals surface area contributed by atoms with E-state index in [-0.39, 0.29) is 5.56 Å². The molecule has 1 N–H and O–H groups in total. The molecule has 1 aromatic rings. The van der Waals surface area contributed by atoms with Crippen LogP contribution in [0.5, 0.6) is 0 Å². The van der Waals surface area contributed by atoms with E-state index in [1.807, 2.05) is 0 Å². The molecule has 0 saturated carbocycles. The van der Waals surface area contributed by atoms with Gasteiger partial charge in [0.15, 0.2) is 0 Å². The van der Waals surface area contributed by atoms with Crippen LogP contribution in [0.25, 0.3) is 0 Å². The number of halogens is 3. The summed E-state index contributed by atoms with van der Waals surface area (Å²) in [6.45, 7) is 3.38. The first-order chi connectivity index (χ1) is 6.79. The quantitative estimate of drug-likeness (QED) is 0.825. The van der Waals surface area contributed by atoms with E-state index in [2.05, 4.69) is 10.3 Å². The van der Waals surface area contributed by atoms with Crippen molar-refractivity contribution >= 4 is 0 Å². The fraction of sp³-hybridized carbons (Fsp3) is 0.500. The average Bonchev–Trinajstić information content (AvgIpc) is 2.16. The van der Waals surface area contributed by atoms with Crippen molar-refractivity contribution in [3.05, 3.63) is 29.6 Å². The van der Waals surface area contributed by atoms with Crippen molar-refractivity contribution in [2.45, 2.75) is 25.6 Å². The summed E-state index contributed by atoms with van der Waals surface area (Å²) >= 11 is 0. The minimum Gasteiger partial charge on any atom is -0.311 e. The van der Waals surface area contributed by atoms with Gasteiger partial charge >= 0.3 is 6.18 Å². The van der Waals surface area contributed by atoms with Crippen LogP contribution in [-0.4, -0.2) is 12.0 Å². The zero-order valence-electron chi connectivity index (χ0n) is 8.81. The number of hydrogen-bond donors (Lipinski definition) is 1. The normalized spacial score (nSPS) is 12.9. The molecule has 0 unspecified atom stereocenters. The molecule has 0 aromatic carbocycles. The Kier molecular flexibility index (Phi) is 3.04. The minimum atomic E-state index is -4.36. The Balaban J connectivity index is 3.31. The Morgan fingerprint density at radius 3 is 2.27 bits per heavy atom. The van der Waals surface area contributed by atoms with Gasteiger partial charge in [-0.1, -0.05) is 0 Å². The molecule has 0 aliphatic carbocycles. The van der Waals surface area contributed by atoms with Gasteiger partial charge in [-0.3, -0.25) is 4.98 Å². The molecule has 0 spiro atoms. The molecule has 2 nitrogen and oxygen atoms in total. The van der Waals surface area contributed by atoms with Crippen molar-refractivity contribution in [3.63, 3.8) is 0 Å². The number of nitrogens with one attached hydrogen (secondary N) is 1. The van der Waals surface area contributed by atoms with Gasteiger partial charge in [-0.25, -0.2) is 0 Å². The van der Waals surface area contributed by atoms with E-state index >= 15 is 0 Å². The van der Waals surface area contributed by atoms with Gasteiger partial charge in [0.25, 0.3) is 0 Å². The first kappa shape index (κ1) is 12.0. The highest BCUT2D eigenvalue weighted by molar-refractivity contribution is 5.32. The van der Waals surface area contributed by atoms with Gasteiger partial charge in [0, 0.05) is 17.9 Å². The van der Waals surface area contributed by atoms with Gasteiger partial charge < -0.3 is 5.32 Å². The van der Waals surface area contributed by atoms with Gasteiger partial charge in [-0.05, 0) is 32.5 Å². The second-order valence-corrected chi connectivity index (χ2v) is 3.79. The van der Waals surface area contributed by atoms with Gasteiger partial charge in [0.2, 0.25) is 0 Å². The lowest BCUT2D eigenvalue weighted by Gasteiger charge is -2.27. The molecule has 0 fully saturated rings. The molecule has 15 heavy (non-hydrogen) atoms. The fourth-order valence-electron chi connectivity index (χ4n) is 1.30. The van der Waals surface area contributed by atoms with E-state index in [9.17, 15) is 13.2 Å². The smallest absolute Gasteiger partial charge is 0.311 e. The molecule has 0 atom stereocenters. The van der Waals surface area contributed by atoms with E-state index < -0.39 is 17.3 Å². The third kappa shape index (κ3) is 2.47. The minimum absolute atomic E-state index is 0.201. The van der Waals surface area contributed by atoms with Gasteiger partial charge in [-0.15, -0.1) is 0 Å². The van der Waals surface area contributed by atoms with Crippen LogP contribution in [0.1, 0.15) is 25.0 Å². The average molecular weight is 218 g/mol. The van der Waals surface area contributed by atoms with Crippen LogP contribution < -0.4 is 5.32 Å². The van der Waals surface area contributed by atoms with Crippen LogP contribution >= 0.6 is 0 Å². The maximum absolute atomic E-state index is 12.6. The Morgan fingerprint density at radius 1 is 1.20 bits per heavy atom. The maximum Gasteiger partial charge on any atom is 0.418 e. The lowest BCUT2D eigenvalue weighted by Crippen LogP contribution is -2.35. The molecule has 84 valence electrons. The molecule has 1 aromatic heterocycles. The number of aromatic nitrogens is 1. The molecular weight excluding hydrogens is 205 g/mol. The Bertz CT molecular complexity index is 345. The van der Waals surface area contributed by atoms with Crippen LogP contribution in [0, 0.1) is 0 Å². The lowest BCUT2D eigenvalue weighted by atomic mass is 9.91. The van der Waals surface area contributed by atoms with Crippen molar-refractivity contribution in [1.29, 1.82) is 0 Å². The molecule has 0 radical (unpaired) electrons. The highest BCUT2D eigenvalue weighted by atomic mass is 19.4. The van der Waals surface area contributed by atoms with Crippen molar-refractivity contribution in [2.24, 2.45) is 0 Å². The van der Waals surface area contributed by atoms with Crippen molar-refractivity contribution < 1.29 is 13.2 Å². The summed E-state index contributed by atoms with van der Waals surface area (Å²) in [7, 11) is 1.63. The van der Waals surface area contributed by atoms with Crippen molar-refractivity contribution in [2.75, 3.05) is 7.05 Å². The molecular formula is C10H13F3N2. The molecule has 1 rings (SSSR count). The monoisotopic (exact) mass is 218 g/mol. The number of alkyl halides is 3. The predicted molar refractivity (Wildman–Crippen MR) is 51.3 cm³/mol. The Morgan fingerprint density at radius 2 is 1.80 bits per heavy atom. The Hall–Kier alpha value is -1.10. The third-order valence-corrected chi connectivity index (χ3v) is 2.42. The second-order valence-electron chi connectivity index (χ2n) is 3.79. The second kappa shape index (κ2) is 3.81. The third-order valence-electron chi connectivity index (χ3n) is 2.42. The highest BCUT2D eigenvalue weighted by Crippen LogP contribution is 2.35. The highest BCUT2D eigenvalue weighted by Gasteiger charge is 2.37. The molecule has 0 aliphatic rings. The molecule has 1 heterocycles. The summed E-state index contributed by atoms with van der Waals surface area (Å²) in [6, 6.07) is 1.39. The van der Waals surface area contributed by atoms with E-state index in [4.69, 9.17) is 0 Å². The van der Waals surface area contributed by atoms with E-state index in [1.54, 1.807) is 20.9 Å². The summed E-state index contributed by atoms with van der Waals surface area (Å²) in [6.07, 6.45) is -2.14. The van der Waals surface area contributed by atoms with Crippen LogP contribution in [0.2, 0.25) is 0 Å². The van der Waals surface area contributed by atoms with Gasteiger partial charge in [-0.2, -0.15) is 13.2 Å². The number of pyridine rings is 1. The van der Waals surface area contributed by atoms with E-state index in [0.717, 1.165) is 6.20 Å². The van der Waals surface area contributed by atoms with Crippen LogP contribution in [0.15, 0.2) is 18.5 Å². The number of nitrogens with zero attached hydrogens (tertiary/aromatic N) is 1. The topological polar surface area (TPSA) is 24.9 Å². The standard InChI is InChI=1S/C10H13F3N2/c1-9(2,14-3)7-4-5-15-6-8(7)10(11,12)13/h4-6,14H,1-3H3. The number of rotatable bonds is 2. The Labute approximate surface area is 86.5 Å². The lowest BCUT2D eigenvalue weighted by molar-refractivity contribution is -0.139. The van der Waals surface area contributed by atoms with Gasteiger partial charge in [0.05, 0.1) is 5.56 Å². The molecule has 5 heteroatoms. The summed E-state index contributed by atoms with van der Waals surface area (Å²) in [5.41, 5.74) is -1.22. The summed E-state index contributed by atoms with van der Waals surface area (Å²) < 4.78 is 37.9. The zero-order valence-corrected chi connectivity index (χ0v) is 8.81. The summed E-state index contributed by atoms with van der Waals surface area (Å²) in [4.78, 5) is 3.51. The van der Waals surface area contributed by atoms with Crippen molar-refractivity contribution in [3.8, 4) is 0 Å². The molecule has 0 saturated heterocycles. The van der Waals surface area contributed by atoms with Crippen LogP contribution in [0.3, 0.4) is 0 Å². The predicted octanol–water partition coefficient (Wildman–Crippen LogP) is 2.55.